The van der Waals surface area contributed by atoms with Crippen molar-refractivity contribution in [2.75, 3.05) is 26.1 Å². The van der Waals surface area contributed by atoms with Crippen LogP contribution in [0.2, 0.25) is 0 Å². The summed E-state index contributed by atoms with van der Waals surface area (Å²) in [6.07, 6.45) is 0. The molecule has 7 heteroatoms. The first kappa shape index (κ1) is 22.9. The van der Waals surface area contributed by atoms with Crippen LogP contribution in [0.15, 0.2) is 60.0 Å². The zero-order valence-electron chi connectivity index (χ0n) is 19.2. The standard InChI is InChI=1S/C26H28N2O4S/c1-16(2)15-28-24(22-10-7-13-33-22)23(18-8-5-6-9-19(18)26(28)30)25(29)27-20-14-17(31-3)11-12-21(20)32-4/h5-14,16,23-24H,15H2,1-4H3,(H,27,29). The Morgan fingerprint density at radius 1 is 1.09 bits per heavy atom. The quantitative estimate of drug-likeness (QED) is 0.512. The van der Waals surface area contributed by atoms with Crippen LogP contribution in [0, 0.1) is 5.92 Å². The molecule has 0 fully saturated rings. The van der Waals surface area contributed by atoms with E-state index in [1.165, 1.54) is 0 Å². The molecule has 0 bridgehead atoms. The lowest BCUT2D eigenvalue weighted by molar-refractivity contribution is -0.119. The lowest BCUT2D eigenvalue weighted by Crippen LogP contribution is -2.47. The molecule has 1 N–H and O–H groups in total. The summed E-state index contributed by atoms with van der Waals surface area (Å²) in [4.78, 5) is 30.3. The topological polar surface area (TPSA) is 67.9 Å². The molecule has 1 aliphatic rings. The third kappa shape index (κ3) is 4.46. The summed E-state index contributed by atoms with van der Waals surface area (Å²) in [5.41, 5.74) is 1.83. The predicted molar refractivity (Wildman–Crippen MR) is 130 cm³/mol. The van der Waals surface area contributed by atoms with Crippen LogP contribution in [0.1, 0.15) is 46.6 Å². The first-order chi connectivity index (χ1) is 15.9. The van der Waals surface area contributed by atoms with Crippen molar-refractivity contribution in [3.8, 4) is 11.5 Å². The van der Waals surface area contributed by atoms with Crippen LogP contribution < -0.4 is 14.8 Å². The molecule has 1 aliphatic heterocycles. The summed E-state index contributed by atoms with van der Waals surface area (Å²) in [5, 5.41) is 5.03. The Morgan fingerprint density at radius 3 is 2.55 bits per heavy atom. The number of carbonyl (C=O) groups is 2. The Kier molecular flexibility index (Phi) is 6.70. The van der Waals surface area contributed by atoms with Gasteiger partial charge in [-0.2, -0.15) is 0 Å². The number of hydrogen-bond acceptors (Lipinski definition) is 5. The fraction of sp³-hybridized carbons (Fsp3) is 0.308. The van der Waals surface area contributed by atoms with Crippen molar-refractivity contribution >= 4 is 28.8 Å². The van der Waals surface area contributed by atoms with Crippen LogP contribution in [-0.2, 0) is 4.79 Å². The van der Waals surface area contributed by atoms with Gasteiger partial charge >= 0.3 is 0 Å². The highest BCUT2D eigenvalue weighted by Crippen LogP contribution is 2.45. The molecule has 0 spiro atoms. The van der Waals surface area contributed by atoms with E-state index in [2.05, 4.69) is 19.2 Å². The highest BCUT2D eigenvalue weighted by molar-refractivity contribution is 7.10. The third-order valence-electron chi connectivity index (χ3n) is 5.78. The van der Waals surface area contributed by atoms with E-state index in [1.807, 2.05) is 46.7 Å². The Labute approximate surface area is 198 Å². The molecule has 0 saturated heterocycles. The molecule has 0 aliphatic carbocycles. The normalized spacial score (nSPS) is 17.6. The fourth-order valence-electron chi connectivity index (χ4n) is 4.37. The van der Waals surface area contributed by atoms with E-state index >= 15 is 0 Å². The summed E-state index contributed by atoms with van der Waals surface area (Å²) >= 11 is 1.56. The third-order valence-corrected chi connectivity index (χ3v) is 6.73. The number of benzene rings is 2. The van der Waals surface area contributed by atoms with E-state index in [0.717, 1.165) is 10.4 Å². The van der Waals surface area contributed by atoms with Crippen LogP contribution >= 0.6 is 11.3 Å². The monoisotopic (exact) mass is 464 g/mol. The SMILES string of the molecule is COc1ccc(OC)c(NC(=O)C2c3ccccc3C(=O)N(CC(C)C)C2c2cccs2)c1. The number of rotatable bonds is 7. The number of anilines is 1. The summed E-state index contributed by atoms with van der Waals surface area (Å²) in [7, 11) is 3.14. The second-order valence-electron chi connectivity index (χ2n) is 8.43. The number of carbonyl (C=O) groups excluding carboxylic acids is 2. The molecule has 2 unspecified atom stereocenters. The zero-order chi connectivity index (χ0) is 23.5. The number of thiophene rings is 1. The molecule has 1 aromatic heterocycles. The van der Waals surface area contributed by atoms with Gasteiger partial charge in [0, 0.05) is 23.1 Å². The summed E-state index contributed by atoms with van der Waals surface area (Å²) in [5.74, 6) is 0.586. The average molecular weight is 465 g/mol. The van der Waals surface area contributed by atoms with Crippen LogP contribution in [-0.4, -0.2) is 37.5 Å². The first-order valence-corrected chi connectivity index (χ1v) is 11.8. The number of amides is 2. The molecule has 3 aromatic rings. The van der Waals surface area contributed by atoms with Gasteiger partial charge in [0.05, 0.1) is 31.9 Å². The van der Waals surface area contributed by atoms with Gasteiger partial charge in [-0.3, -0.25) is 9.59 Å². The molecule has 0 saturated carbocycles. The summed E-state index contributed by atoms with van der Waals surface area (Å²) in [6.45, 7) is 4.72. The summed E-state index contributed by atoms with van der Waals surface area (Å²) < 4.78 is 10.8. The van der Waals surface area contributed by atoms with Gasteiger partial charge in [0.25, 0.3) is 5.91 Å². The van der Waals surface area contributed by atoms with E-state index in [0.29, 0.717) is 29.3 Å². The maximum atomic E-state index is 13.9. The summed E-state index contributed by atoms with van der Waals surface area (Å²) in [6, 6.07) is 16.2. The molecular formula is C26H28N2O4S. The number of nitrogens with zero attached hydrogens (tertiary/aromatic N) is 1. The molecule has 0 radical (unpaired) electrons. The Balaban J connectivity index is 1.82. The lowest BCUT2D eigenvalue weighted by Gasteiger charge is -2.42. The molecule has 2 aromatic carbocycles. The van der Waals surface area contributed by atoms with Crippen molar-refractivity contribution < 1.29 is 19.1 Å². The van der Waals surface area contributed by atoms with Gasteiger partial charge in [-0.25, -0.2) is 0 Å². The van der Waals surface area contributed by atoms with E-state index < -0.39 is 12.0 Å². The van der Waals surface area contributed by atoms with Crippen molar-refractivity contribution in [1.82, 2.24) is 4.90 Å². The first-order valence-electron chi connectivity index (χ1n) is 10.9. The molecular weight excluding hydrogens is 436 g/mol. The molecule has 6 nitrogen and oxygen atoms in total. The molecule has 172 valence electrons. The van der Waals surface area contributed by atoms with Gasteiger partial charge in [0.1, 0.15) is 11.5 Å². The van der Waals surface area contributed by atoms with Gasteiger partial charge in [-0.1, -0.05) is 38.1 Å². The van der Waals surface area contributed by atoms with Gasteiger partial charge < -0.3 is 19.7 Å². The lowest BCUT2D eigenvalue weighted by atomic mass is 9.81. The van der Waals surface area contributed by atoms with Crippen LogP contribution in [0.25, 0.3) is 0 Å². The van der Waals surface area contributed by atoms with E-state index in [4.69, 9.17) is 9.47 Å². The number of methoxy groups -OCH3 is 2. The van der Waals surface area contributed by atoms with Crippen molar-refractivity contribution in [2.24, 2.45) is 5.92 Å². The van der Waals surface area contributed by atoms with E-state index in [1.54, 1.807) is 43.8 Å². The van der Waals surface area contributed by atoms with Crippen molar-refractivity contribution in [3.63, 3.8) is 0 Å². The second-order valence-corrected chi connectivity index (χ2v) is 9.41. The fourth-order valence-corrected chi connectivity index (χ4v) is 5.24. The van der Waals surface area contributed by atoms with Gasteiger partial charge in [-0.05, 0) is 41.1 Å². The van der Waals surface area contributed by atoms with Crippen LogP contribution in [0.3, 0.4) is 0 Å². The highest BCUT2D eigenvalue weighted by Gasteiger charge is 2.44. The number of ether oxygens (including phenoxy) is 2. The predicted octanol–water partition coefficient (Wildman–Crippen LogP) is 5.34. The molecule has 33 heavy (non-hydrogen) atoms. The van der Waals surface area contributed by atoms with Crippen LogP contribution in [0.5, 0.6) is 11.5 Å². The minimum absolute atomic E-state index is 0.0410. The van der Waals surface area contributed by atoms with Gasteiger partial charge in [0.2, 0.25) is 5.91 Å². The minimum atomic E-state index is -0.577. The molecule has 2 amide bonds. The average Bonchev–Trinajstić information content (AvgIpc) is 3.34. The largest absolute Gasteiger partial charge is 0.497 e. The highest BCUT2D eigenvalue weighted by atomic mass is 32.1. The second kappa shape index (κ2) is 9.67. The molecule has 2 atom stereocenters. The smallest absolute Gasteiger partial charge is 0.254 e. The van der Waals surface area contributed by atoms with Crippen molar-refractivity contribution in [3.05, 3.63) is 76.0 Å². The van der Waals surface area contributed by atoms with Gasteiger partial charge in [-0.15, -0.1) is 11.3 Å². The van der Waals surface area contributed by atoms with Crippen molar-refractivity contribution in [1.29, 1.82) is 0 Å². The van der Waals surface area contributed by atoms with Gasteiger partial charge in [0.15, 0.2) is 0 Å². The maximum absolute atomic E-state index is 13.9. The Bertz CT molecular complexity index is 1140. The molecule has 4 rings (SSSR count). The number of nitrogens with one attached hydrogen (secondary N) is 1. The van der Waals surface area contributed by atoms with E-state index in [-0.39, 0.29) is 17.7 Å². The van der Waals surface area contributed by atoms with E-state index in [9.17, 15) is 9.59 Å². The Hall–Kier alpha value is -3.32. The number of hydrogen-bond donors (Lipinski definition) is 1. The molecule has 2 heterocycles. The minimum Gasteiger partial charge on any atom is -0.497 e. The maximum Gasteiger partial charge on any atom is 0.254 e. The number of fused-ring (bicyclic) bond motifs is 1. The Morgan fingerprint density at radius 2 is 1.88 bits per heavy atom. The van der Waals surface area contributed by atoms with Crippen LogP contribution in [0.4, 0.5) is 5.69 Å². The zero-order valence-corrected chi connectivity index (χ0v) is 20.0. The van der Waals surface area contributed by atoms with Crippen molar-refractivity contribution in [2.45, 2.75) is 25.8 Å².